The van der Waals surface area contributed by atoms with E-state index in [1.165, 1.54) is 24.8 Å². The van der Waals surface area contributed by atoms with Gasteiger partial charge in [-0.25, -0.2) is 4.98 Å². The Morgan fingerprint density at radius 1 is 1.30 bits per heavy atom. The Bertz CT molecular complexity index is 586. The molecular weight excluding hydrogens is 246 g/mol. The molecule has 0 spiro atoms. The molecule has 106 valence electrons. The molecule has 3 heteroatoms. The Hall–Kier alpha value is -1.61. The minimum absolute atomic E-state index is 0.414. The third kappa shape index (κ3) is 2.63. The van der Waals surface area contributed by atoms with Gasteiger partial charge < -0.3 is 9.88 Å². The van der Waals surface area contributed by atoms with E-state index in [4.69, 9.17) is 0 Å². The van der Waals surface area contributed by atoms with E-state index in [9.17, 15) is 0 Å². The van der Waals surface area contributed by atoms with Gasteiger partial charge in [0, 0.05) is 31.9 Å². The highest BCUT2D eigenvalue weighted by Crippen LogP contribution is 2.27. The van der Waals surface area contributed by atoms with Gasteiger partial charge in [-0.05, 0) is 49.4 Å². The molecule has 0 radical (unpaired) electrons. The minimum atomic E-state index is 0.414. The van der Waals surface area contributed by atoms with Crippen LogP contribution in [0.15, 0.2) is 30.6 Å². The molecule has 1 unspecified atom stereocenters. The first-order chi connectivity index (χ1) is 9.78. The van der Waals surface area contributed by atoms with Crippen LogP contribution in [0, 0.1) is 0 Å². The summed E-state index contributed by atoms with van der Waals surface area (Å²) in [5.74, 6) is 1.16. The van der Waals surface area contributed by atoms with Crippen molar-refractivity contribution in [3.8, 4) is 0 Å². The van der Waals surface area contributed by atoms with Crippen LogP contribution in [0.1, 0.15) is 41.4 Å². The molecule has 3 nitrogen and oxygen atoms in total. The highest BCUT2D eigenvalue weighted by atomic mass is 15.0. The van der Waals surface area contributed by atoms with Crippen LogP contribution in [-0.4, -0.2) is 16.6 Å². The number of aryl methyl sites for hydroxylation is 4. The van der Waals surface area contributed by atoms with Gasteiger partial charge in [-0.3, -0.25) is 0 Å². The number of hydrogen-bond donors (Lipinski definition) is 1. The quantitative estimate of drug-likeness (QED) is 0.904. The Morgan fingerprint density at radius 2 is 2.15 bits per heavy atom. The van der Waals surface area contributed by atoms with E-state index < -0.39 is 0 Å². The minimum Gasteiger partial charge on any atom is -0.338 e. The van der Waals surface area contributed by atoms with E-state index in [1.807, 2.05) is 12.4 Å². The molecule has 0 aliphatic heterocycles. The molecule has 2 aromatic rings. The summed E-state index contributed by atoms with van der Waals surface area (Å²) >= 11 is 0. The third-order valence-corrected chi connectivity index (χ3v) is 4.45. The first-order valence-electron chi connectivity index (χ1n) is 7.53. The summed E-state index contributed by atoms with van der Waals surface area (Å²) in [5, 5.41) is 3.45. The Kier molecular flexibility index (Phi) is 3.88. The van der Waals surface area contributed by atoms with Gasteiger partial charge in [-0.2, -0.15) is 0 Å². The fourth-order valence-electron chi connectivity index (χ4n) is 3.20. The van der Waals surface area contributed by atoms with Crippen LogP contribution in [0.4, 0.5) is 0 Å². The normalized spacial score (nSPS) is 15.3. The molecule has 1 aromatic heterocycles. The number of imidazole rings is 1. The van der Waals surface area contributed by atoms with Gasteiger partial charge in [-0.15, -0.1) is 0 Å². The standard InChI is InChI=1S/C17H23N3/c1-18-16(8-9-17-19-10-11-20(17)2)15-7-6-13-4-3-5-14(13)12-15/h6-7,10-12,16,18H,3-5,8-9H2,1-2H3. The Labute approximate surface area is 121 Å². The highest BCUT2D eigenvalue weighted by Gasteiger charge is 2.15. The molecule has 1 atom stereocenters. The van der Waals surface area contributed by atoms with Crippen LogP contribution in [0.3, 0.4) is 0 Å². The SMILES string of the molecule is CNC(CCc1nccn1C)c1ccc2c(c1)CCC2. The van der Waals surface area contributed by atoms with Crippen LogP contribution in [-0.2, 0) is 26.3 Å². The molecule has 0 amide bonds. The second-order valence-electron chi connectivity index (χ2n) is 5.72. The summed E-state index contributed by atoms with van der Waals surface area (Å²) in [6.07, 6.45) is 9.80. The van der Waals surface area contributed by atoms with Crippen molar-refractivity contribution in [2.24, 2.45) is 7.05 Å². The molecule has 1 N–H and O–H groups in total. The lowest BCUT2D eigenvalue weighted by Gasteiger charge is -2.17. The molecule has 1 heterocycles. The van der Waals surface area contributed by atoms with E-state index in [1.54, 1.807) is 11.1 Å². The molecule has 0 saturated heterocycles. The van der Waals surface area contributed by atoms with Gasteiger partial charge in [-0.1, -0.05) is 18.2 Å². The fourth-order valence-corrected chi connectivity index (χ4v) is 3.20. The first-order valence-corrected chi connectivity index (χ1v) is 7.53. The predicted octanol–water partition coefficient (Wildman–Crippen LogP) is 2.80. The monoisotopic (exact) mass is 269 g/mol. The number of aromatic nitrogens is 2. The van der Waals surface area contributed by atoms with Crippen LogP contribution in [0.2, 0.25) is 0 Å². The zero-order valence-electron chi connectivity index (χ0n) is 12.4. The maximum atomic E-state index is 4.41. The summed E-state index contributed by atoms with van der Waals surface area (Å²) in [4.78, 5) is 4.41. The molecule has 0 bridgehead atoms. The number of benzene rings is 1. The summed E-state index contributed by atoms with van der Waals surface area (Å²) < 4.78 is 2.11. The summed E-state index contributed by atoms with van der Waals surface area (Å²) in [7, 11) is 4.11. The van der Waals surface area contributed by atoms with Crippen molar-refractivity contribution in [2.75, 3.05) is 7.05 Å². The molecule has 1 aromatic carbocycles. The zero-order valence-corrected chi connectivity index (χ0v) is 12.4. The number of rotatable bonds is 5. The van der Waals surface area contributed by atoms with Crippen LogP contribution >= 0.6 is 0 Å². The molecule has 3 rings (SSSR count). The summed E-state index contributed by atoms with van der Waals surface area (Å²) in [6.45, 7) is 0. The number of nitrogens with one attached hydrogen (secondary N) is 1. The van der Waals surface area contributed by atoms with Crippen molar-refractivity contribution in [3.63, 3.8) is 0 Å². The maximum absolute atomic E-state index is 4.41. The Morgan fingerprint density at radius 3 is 2.90 bits per heavy atom. The lowest BCUT2D eigenvalue weighted by molar-refractivity contribution is 0.535. The molecule has 0 saturated carbocycles. The summed E-state index contributed by atoms with van der Waals surface area (Å²) in [5.41, 5.74) is 4.52. The van der Waals surface area contributed by atoms with Crippen molar-refractivity contribution < 1.29 is 0 Å². The molecular formula is C17H23N3. The van der Waals surface area contributed by atoms with Gasteiger partial charge >= 0.3 is 0 Å². The van der Waals surface area contributed by atoms with Crippen molar-refractivity contribution >= 4 is 0 Å². The third-order valence-electron chi connectivity index (χ3n) is 4.45. The second kappa shape index (κ2) is 5.80. The number of nitrogens with zero attached hydrogens (tertiary/aromatic N) is 2. The van der Waals surface area contributed by atoms with E-state index >= 15 is 0 Å². The van der Waals surface area contributed by atoms with Crippen molar-refractivity contribution in [1.82, 2.24) is 14.9 Å². The molecule has 1 aliphatic carbocycles. The van der Waals surface area contributed by atoms with E-state index in [0.717, 1.165) is 18.7 Å². The zero-order chi connectivity index (χ0) is 13.9. The highest BCUT2D eigenvalue weighted by molar-refractivity contribution is 5.36. The average molecular weight is 269 g/mol. The van der Waals surface area contributed by atoms with Gasteiger partial charge in [0.1, 0.15) is 5.82 Å². The number of hydrogen-bond acceptors (Lipinski definition) is 2. The molecule has 20 heavy (non-hydrogen) atoms. The van der Waals surface area contributed by atoms with Crippen LogP contribution in [0.25, 0.3) is 0 Å². The van der Waals surface area contributed by atoms with Gasteiger partial charge in [0.15, 0.2) is 0 Å². The van der Waals surface area contributed by atoms with Crippen LogP contribution < -0.4 is 5.32 Å². The smallest absolute Gasteiger partial charge is 0.108 e. The topological polar surface area (TPSA) is 29.9 Å². The van der Waals surface area contributed by atoms with Gasteiger partial charge in [0.25, 0.3) is 0 Å². The largest absolute Gasteiger partial charge is 0.338 e. The molecule has 1 aliphatic rings. The van der Waals surface area contributed by atoms with Gasteiger partial charge in [0.05, 0.1) is 0 Å². The predicted molar refractivity (Wildman–Crippen MR) is 81.8 cm³/mol. The second-order valence-corrected chi connectivity index (χ2v) is 5.72. The van der Waals surface area contributed by atoms with E-state index in [2.05, 4.69) is 47.2 Å². The fraction of sp³-hybridized carbons (Fsp3) is 0.471. The lowest BCUT2D eigenvalue weighted by atomic mass is 9.98. The Balaban J connectivity index is 1.71. The van der Waals surface area contributed by atoms with E-state index in [-0.39, 0.29) is 0 Å². The van der Waals surface area contributed by atoms with Crippen molar-refractivity contribution in [1.29, 1.82) is 0 Å². The molecule has 0 fully saturated rings. The summed E-state index contributed by atoms with van der Waals surface area (Å²) in [6, 6.07) is 7.44. The average Bonchev–Trinajstić information content (AvgIpc) is 3.08. The van der Waals surface area contributed by atoms with Crippen molar-refractivity contribution in [3.05, 3.63) is 53.1 Å². The number of fused-ring (bicyclic) bond motifs is 1. The lowest BCUT2D eigenvalue weighted by Crippen LogP contribution is -2.18. The van der Waals surface area contributed by atoms with E-state index in [0.29, 0.717) is 6.04 Å². The van der Waals surface area contributed by atoms with Crippen LogP contribution in [0.5, 0.6) is 0 Å². The maximum Gasteiger partial charge on any atom is 0.108 e. The first kappa shape index (κ1) is 13.4. The van der Waals surface area contributed by atoms with Gasteiger partial charge in [0.2, 0.25) is 0 Å². The van der Waals surface area contributed by atoms with Crippen molar-refractivity contribution in [2.45, 2.75) is 38.1 Å².